The molecule has 1 unspecified atom stereocenters. The summed E-state index contributed by atoms with van der Waals surface area (Å²) in [6.45, 7) is 6.68. The Morgan fingerprint density at radius 1 is 1.40 bits per heavy atom. The van der Waals surface area contributed by atoms with Crippen LogP contribution in [0.15, 0.2) is 29.3 Å². The fourth-order valence-electron chi connectivity index (χ4n) is 2.45. The molecule has 1 saturated heterocycles. The van der Waals surface area contributed by atoms with Gasteiger partial charge in [-0.2, -0.15) is 11.8 Å². The minimum Gasteiger partial charge on any atom is -0.492 e. The number of rotatable bonds is 7. The second kappa shape index (κ2) is 11.1. The second-order valence-electron chi connectivity index (χ2n) is 6.28. The molecule has 0 saturated carbocycles. The van der Waals surface area contributed by atoms with Crippen molar-refractivity contribution in [2.24, 2.45) is 4.99 Å². The van der Waals surface area contributed by atoms with Crippen molar-refractivity contribution in [3.63, 3.8) is 0 Å². The van der Waals surface area contributed by atoms with Crippen molar-refractivity contribution >= 4 is 41.7 Å². The van der Waals surface area contributed by atoms with Crippen LogP contribution in [0.5, 0.6) is 5.75 Å². The summed E-state index contributed by atoms with van der Waals surface area (Å²) in [5, 5.41) is 13.7. The average molecular weight is 479 g/mol. The lowest BCUT2D eigenvalue weighted by atomic mass is 10.1. The molecule has 0 aliphatic carbocycles. The van der Waals surface area contributed by atoms with E-state index >= 15 is 0 Å². The summed E-state index contributed by atoms with van der Waals surface area (Å²) in [5.41, 5.74) is 0.578. The first-order chi connectivity index (χ1) is 11.5. The van der Waals surface area contributed by atoms with Crippen LogP contribution in [0.3, 0.4) is 0 Å². The molecule has 0 spiro atoms. The van der Waals surface area contributed by atoms with Gasteiger partial charge in [0.15, 0.2) is 5.96 Å². The fourth-order valence-corrected chi connectivity index (χ4v) is 3.74. The molecule has 1 heterocycles. The van der Waals surface area contributed by atoms with Gasteiger partial charge in [-0.15, -0.1) is 24.0 Å². The quantitative estimate of drug-likeness (QED) is 0.358. The fraction of sp³-hybridized carbons (Fsp3) is 0.611. The number of nitrogens with one attached hydrogen (secondary N) is 1. The van der Waals surface area contributed by atoms with Gasteiger partial charge in [-0.3, -0.25) is 4.99 Å². The third-order valence-corrected chi connectivity index (χ3v) is 5.25. The minimum absolute atomic E-state index is 0. The number of hydrogen-bond acceptors (Lipinski definition) is 4. The number of aliphatic imine (C=N–C) groups is 1. The zero-order valence-corrected chi connectivity index (χ0v) is 18.5. The van der Waals surface area contributed by atoms with Crippen molar-refractivity contribution < 1.29 is 9.84 Å². The molecule has 25 heavy (non-hydrogen) atoms. The Labute approximate surface area is 172 Å². The van der Waals surface area contributed by atoms with Crippen LogP contribution < -0.4 is 10.1 Å². The molecule has 0 amide bonds. The predicted octanol–water partition coefficient (Wildman–Crippen LogP) is 2.76. The Morgan fingerprint density at radius 3 is 2.72 bits per heavy atom. The van der Waals surface area contributed by atoms with Crippen LogP contribution in [-0.2, 0) is 0 Å². The largest absolute Gasteiger partial charge is 0.492 e. The van der Waals surface area contributed by atoms with Crippen LogP contribution in [0.1, 0.15) is 18.9 Å². The average Bonchev–Trinajstić information content (AvgIpc) is 3.00. The van der Waals surface area contributed by atoms with Crippen LogP contribution in [0, 0.1) is 6.92 Å². The molecule has 1 aliphatic rings. The summed E-state index contributed by atoms with van der Waals surface area (Å²) in [5.74, 6) is 3.49. The Balaban J connectivity index is 0.00000312. The summed E-state index contributed by atoms with van der Waals surface area (Å²) < 4.78 is 5.78. The van der Waals surface area contributed by atoms with Crippen molar-refractivity contribution in [1.29, 1.82) is 0 Å². The highest BCUT2D eigenvalue weighted by molar-refractivity contribution is 14.0. The zero-order chi connectivity index (χ0) is 17.4. The number of guanidine groups is 1. The molecule has 1 atom stereocenters. The van der Waals surface area contributed by atoms with Crippen molar-refractivity contribution in [2.75, 3.05) is 44.8 Å². The van der Waals surface area contributed by atoms with E-state index in [1.165, 1.54) is 5.56 Å². The Morgan fingerprint density at radius 2 is 2.12 bits per heavy atom. The molecule has 0 aromatic heterocycles. The number of benzene rings is 1. The highest BCUT2D eigenvalue weighted by atomic mass is 127. The molecule has 2 rings (SSSR count). The van der Waals surface area contributed by atoms with Gasteiger partial charge in [0.1, 0.15) is 12.4 Å². The van der Waals surface area contributed by atoms with Crippen LogP contribution in [0.2, 0.25) is 0 Å². The SMILES string of the molecule is CCNC(=NCC1(O)CCSC1)N(C)CCOc1ccc(C)cc1.I. The van der Waals surface area contributed by atoms with Gasteiger partial charge in [0.05, 0.1) is 18.7 Å². The van der Waals surface area contributed by atoms with Gasteiger partial charge < -0.3 is 20.1 Å². The molecule has 5 nitrogen and oxygen atoms in total. The number of likely N-dealkylation sites (N-methyl/N-ethyl adjacent to an activating group) is 1. The van der Waals surface area contributed by atoms with Crippen LogP contribution in [0.4, 0.5) is 0 Å². The molecule has 7 heteroatoms. The highest BCUT2D eigenvalue weighted by Crippen LogP contribution is 2.27. The lowest BCUT2D eigenvalue weighted by molar-refractivity contribution is 0.0776. The summed E-state index contributed by atoms with van der Waals surface area (Å²) in [7, 11) is 1.99. The summed E-state index contributed by atoms with van der Waals surface area (Å²) >= 11 is 1.79. The van der Waals surface area contributed by atoms with E-state index in [0.717, 1.165) is 42.7 Å². The number of halogens is 1. The summed E-state index contributed by atoms with van der Waals surface area (Å²) in [6, 6.07) is 8.07. The van der Waals surface area contributed by atoms with Gasteiger partial charge in [0, 0.05) is 19.3 Å². The number of hydrogen-bond donors (Lipinski definition) is 2. The second-order valence-corrected chi connectivity index (χ2v) is 7.39. The van der Waals surface area contributed by atoms with Crippen molar-refractivity contribution in [1.82, 2.24) is 10.2 Å². The molecule has 2 N–H and O–H groups in total. The van der Waals surface area contributed by atoms with E-state index < -0.39 is 5.60 Å². The van der Waals surface area contributed by atoms with Gasteiger partial charge in [0.25, 0.3) is 0 Å². The predicted molar refractivity (Wildman–Crippen MR) is 118 cm³/mol. The maximum atomic E-state index is 10.4. The van der Waals surface area contributed by atoms with Crippen LogP contribution in [-0.4, -0.2) is 66.4 Å². The van der Waals surface area contributed by atoms with E-state index in [9.17, 15) is 5.11 Å². The van der Waals surface area contributed by atoms with Crippen molar-refractivity contribution in [3.8, 4) is 5.75 Å². The first-order valence-corrected chi connectivity index (χ1v) is 9.67. The Kier molecular flexibility index (Phi) is 9.96. The maximum absolute atomic E-state index is 10.4. The number of ether oxygens (including phenoxy) is 1. The monoisotopic (exact) mass is 479 g/mol. The Hall–Kier alpha value is -0.670. The molecular formula is C18H30IN3O2S. The van der Waals surface area contributed by atoms with Crippen molar-refractivity contribution in [2.45, 2.75) is 25.9 Å². The topological polar surface area (TPSA) is 57.1 Å². The number of aliphatic hydroxyl groups is 1. The van der Waals surface area contributed by atoms with E-state index in [-0.39, 0.29) is 24.0 Å². The molecule has 1 aromatic carbocycles. The van der Waals surface area contributed by atoms with Gasteiger partial charge in [0.2, 0.25) is 0 Å². The lowest BCUT2D eigenvalue weighted by Gasteiger charge is -2.24. The molecule has 0 bridgehead atoms. The molecular weight excluding hydrogens is 449 g/mol. The molecule has 1 aromatic rings. The van der Waals surface area contributed by atoms with Crippen LogP contribution >= 0.6 is 35.7 Å². The number of thioether (sulfide) groups is 1. The standard InChI is InChI=1S/C18H29N3O2S.HI/c1-4-19-17(20-13-18(22)9-12-24-14-18)21(3)10-11-23-16-7-5-15(2)6-8-16;/h5-8,22H,4,9-14H2,1-3H3,(H,19,20);1H. The van der Waals surface area contributed by atoms with E-state index in [2.05, 4.69) is 17.2 Å². The molecule has 1 aliphatic heterocycles. The smallest absolute Gasteiger partial charge is 0.193 e. The van der Waals surface area contributed by atoms with Crippen molar-refractivity contribution in [3.05, 3.63) is 29.8 Å². The first-order valence-electron chi connectivity index (χ1n) is 8.51. The van der Waals surface area contributed by atoms with E-state index in [0.29, 0.717) is 13.2 Å². The van der Waals surface area contributed by atoms with E-state index in [1.54, 1.807) is 11.8 Å². The number of aryl methyl sites for hydroxylation is 1. The Bertz CT molecular complexity index is 534. The zero-order valence-electron chi connectivity index (χ0n) is 15.3. The summed E-state index contributed by atoms with van der Waals surface area (Å²) in [4.78, 5) is 6.66. The molecule has 0 radical (unpaired) electrons. The van der Waals surface area contributed by atoms with E-state index in [1.807, 2.05) is 43.1 Å². The minimum atomic E-state index is -0.648. The normalized spacial score (nSPS) is 20.1. The molecule has 142 valence electrons. The first kappa shape index (κ1) is 22.4. The van der Waals surface area contributed by atoms with Gasteiger partial charge in [-0.05, 0) is 38.2 Å². The lowest BCUT2D eigenvalue weighted by Crippen LogP contribution is -2.42. The van der Waals surface area contributed by atoms with E-state index in [4.69, 9.17) is 4.74 Å². The van der Waals surface area contributed by atoms with Gasteiger partial charge >= 0.3 is 0 Å². The van der Waals surface area contributed by atoms with Gasteiger partial charge in [-0.25, -0.2) is 0 Å². The number of nitrogens with zero attached hydrogens (tertiary/aromatic N) is 2. The highest BCUT2D eigenvalue weighted by Gasteiger charge is 2.31. The third kappa shape index (κ3) is 7.62. The summed E-state index contributed by atoms with van der Waals surface area (Å²) in [6.07, 6.45) is 0.820. The maximum Gasteiger partial charge on any atom is 0.193 e. The molecule has 1 fully saturated rings. The van der Waals surface area contributed by atoms with Crippen LogP contribution in [0.25, 0.3) is 0 Å². The van der Waals surface area contributed by atoms with Gasteiger partial charge in [-0.1, -0.05) is 17.7 Å². The third-order valence-electron chi connectivity index (χ3n) is 4.02.